The third kappa shape index (κ3) is 4.37. The van der Waals surface area contributed by atoms with E-state index in [0.717, 1.165) is 11.8 Å². The average Bonchev–Trinajstić information content (AvgIpc) is 3.30. The molecule has 0 saturated carbocycles. The number of nitrogens with one attached hydrogen (secondary N) is 2. The highest BCUT2D eigenvalue weighted by atomic mass is 35.5. The molecule has 0 bridgehead atoms. The molecule has 25 heavy (non-hydrogen) atoms. The lowest BCUT2D eigenvalue weighted by Crippen LogP contribution is -2.42. The largest absolute Gasteiger partial charge is 0.459 e. The molecule has 3 aromatic rings. The van der Waals surface area contributed by atoms with E-state index in [-0.39, 0.29) is 11.5 Å². The van der Waals surface area contributed by atoms with Crippen LogP contribution in [0.3, 0.4) is 0 Å². The lowest BCUT2D eigenvalue weighted by atomic mass is 10.3. The van der Waals surface area contributed by atoms with Crippen LogP contribution in [0, 0.1) is 0 Å². The average molecular weight is 379 g/mol. The highest BCUT2D eigenvalue weighted by Crippen LogP contribution is 2.19. The predicted octanol–water partition coefficient (Wildman–Crippen LogP) is 1.46. The van der Waals surface area contributed by atoms with E-state index in [0.29, 0.717) is 15.9 Å². The van der Waals surface area contributed by atoms with Crippen molar-refractivity contribution >= 4 is 35.2 Å². The molecule has 0 spiro atoms. The molecule has 0 aliphatic carbocycles. The van der Waals surface area contributed by atoms with Crippen LogP contribution in [0.5, 0.6) is 0 Å². The lowest BCUT2D eigenvalue weighted by molar-refractivity contribution is -0.119. The number of nitrogens with zero attached hydrogens (tertiary/aromatic N) is 4. The number of carbonyl (C=O) groups excluding carboxylic acids is 2. The predicted molar refractivity (Wildman–Crippen MR) is 89.2 cm³/mol. The topological polar surface area (TPSA) is 115 Å². The number of carbonyl (C=O) groups is 2. The van der Waals surface area contributed by atoms with E-state index in [1.165, 1.54) is 17.0 Å². The van der Waals surface area contributed by atoms with Gasteiger partial charge in [0.2, 0.25) is 11.1 Å². The molecule has 0 saturated heterocycles. The number of rotatable bonds is 5. The van der Waals surface area contributed by atoms with Crippen molar-refractivity contribution < 1.29 is 14.0 Å². The SMILES string of the molecule is O=C(CSc1nnnn1-c1ccc(Cl)cc1)NNC(=O)c1ccco1. The van der Waals surface area contributed by atoms with Crippen LogP contribution in [0.1, 0.15) is 10.6 Å². The molecule has 0 radical (unpaired) electrons. The van der Waals surface area contributed by atoms with Gasteiger partial charge in [0.25, 0.3) is 0 Å². The van der Waals surface area contributed by atoms with Crippen molar-refractivity contribution in [2.24, 2.45) is 0 Å². The van der Waals surface area contributed by atoms with Crippen LogP contribution >= 0.6 is 23.4 Å². The van der Waals surface area contributed by atoms with Gasteiger partial charge >= 0.3 is 5.91 Å². The van der Waals surface area contributed by atoms with Crippen molar-refractivity contribution in [3.63, 3.8) is 0 Å². The third-order valence-electron chi connectivity index (χ3n) is 2.90. The number of thioether (sulfide) groups is 1. The fraction of sp³-hybridized carbons (Fsp3) is 0.0714. The molecule has 1 aromatic carbocycles. The van der Waals surface area contributed by atoms with E-state index in [2.05, 4.69) is 26.4 Å². The Balaban J connectivity index is 1.54. The molecular formula is C14H11ClN6O3S. The van der Waals surface area contributed by atoms with Crippen LogP contribution in [0.4, 0.5) is 0 Å². The zero-order chi connectivity index (χ0) is 17.6. The van der Waals surface area contributed by atoms with E-state index < -0.39 is 11.8 Å². The molecule has 2 heterocycles. The Hall–Kier alpha value is -2.85. The van der Waals surface area contributed by atoms with Gasteiger partial charge in [-0.05, 0) is 46.8 Å². The number of furan rings is 1. The van der Waals surface area contributed by atoms with Crippen LogP contribution in [0.2, 0.25) is 5.02 Å². The number of amides is 2. The third-order valence-corrected chi connectivity index (χ3v) is 4.08. The number of tetrazole rings is 1. The summed E-state index contributed by atoms with van der Waals surface area (Å²) >= 11 is 6.97. The first-order chi connectivity index (χ1) is 12.1. The Morgan fingerprint density at radius 2 is 2.00 bits per heavy atom. The second-order valence-electron chi connectivity index (χ2n) is 4.62. The fourth-order valence-electron chi connectivity index (χ4n) is 1.78. The van der Waals surface area contributed by atoms with Crippen molar-refractivity contribution in [2.45, 2.75) is 5.16 Å². The summed E-state index contributed by atoms with van der Waals surface area (Å²) in [6.07, 6.45) is 1.36. The molecule has 2 amide bonds. The molecule has 0 aliphatic heterocycles. The summed E-state index contributed by atoms with van der Waals surface area (Å²) < 4.78 is 6.39. The Kier molecular flexibility index (Phi) is 5.31. The van der Waals surface area contributed by atoms with Crippen molar-refractivity contribution in [1.29, 1.82) is 0 Å². The van der Waals surface area contributed by atoms with Crippen molar-refractivity contribution in [3.05, 3.63) is 53.4 Å². The van der Waals surface area contributed by atoms with E-state index in [1.54, 1.807) is 30.3 Å². The van der Waals surface area contributed by atoms with E-state index in [9.17, 15) is 9.59 Å². The minimum absolute atomic E-state index is 0.00635. The van der Waals surface area contributed by atoms with Crippen LogP contribution in [-0.4, -0.2) is 37.8 Å². The second-order valence-corrected chi connectivity index (χ2v) is 6.00. The number of hydrogen-bond acceptors (Lipinski definition) is 7. The summed E-state index contributed by atoms with van der Waals surface area (Å²) in [7, 11) is 0. The maximum Gasteiger partial charge on any atom is 0.305 e. The van der Waals surface area contributed by atoms with Gasteiger partial charge in [0.05, 0.1) is 17.7 Å². The van der Waals surface area contributed by atoms with E-state index >= 15 is 0 Å². The zero-order valence-corrected chi connectivity index (χ0v) is 14.1. The molecule has 0 aliphatic rings. The number of aromatic nitrogens is 4. The molecule has 0 unspecified atom stereocenters. The first-order valence-electron chi connectivity index (χ1n) is 6.93. The van der Waals surface area contributed by atoms with E-state index in [4.69, 9.17) is 16.0 Å². The zero-order valence-electron chi connectivity index (χ0n) is 12.5. The van der Waals surface area contributed by atoms with Crippen molar-refractivity contribution in [2.75, 3.05) is 5.75 Å². The van der Waals surface area contributed by atoms with Gasteiger partial charge in [-0.25, -0.2) is 0 Å². The molecule has 0 atom stereocenters. The fourth-order valence-corrected chi connectivity index (χ4v) is 2.59. The summed E-state index contributed by atoms with van der Waals surface area (Å²) in [4.78, 5) is 23.5. The quantitative estimate of drug-likeness (QED) is 0.510. The number of hydrogen-bond donors (Lipinski definition) is 2. The van der Waals surface area contributed by atoms with Crippen LogP contribution in [0.25, 0.3) is 5.69 Å². The van der Waals surface area contributed by atoms with Gasteiger partial charge < -0.3 is 4.42 Å². The summed E-state index contributed by atoms with van der Waals surface area (Å²) in [5.74, 6) is -0.864. The number of hydrazine groups is 1. The Morgan fingerprint density at radius 1 is 1.20 bits per heavy atom. The maximum atomic E-state index is 11.8. The van der Waals surface area contributed by atoms with Crippen LogP contribution in [0.15, 0.2) is 52.2 Å². The van der Waals surface area contributed by atoms with Crippen molar-refractivity contribution in [1.82, 2.24) is 31.1 Å². The molecule has 0 fully saturated rings. The van der Waals surface area contributed by atoms with Gasteiger partial charge in [-0.3, -0.25) is 20.4 Å². The van der Waals surface area contributed by atoms with Gasteiger partial charge in [0, 0.05) is 5.02 Å². The van der Waals surface area contributed by atoms with Gasteiger partial charge in [0.15, 0.2) is 5.76 Å². The maximum absolute atomic E-state index is 11.8. The molecule has 2 N–H and O–H groups in total. The van der Waals surface area contributed by atoms with Gasteiger partial charge in [-0.1, -0.05) is 23.4 Å². The molecule has 9 nitrogen and oxygen atoms in total. The van der Waals surface area contributed by atoms with Gasteiger partial charge in [0.1, 0.15) is 0 Å². The summed E-state index contributed by atoms with van der Waals surface area (Å²) in [5, 5.41) is 12.4. The first-order valence-corrected chi connectivity index (χ1v) is 8.29. The molecular weight excluding hydrogens is 368 g/mol. The van der Waals surface area contributed by atoms with Crippen LogP contribution in [-0.2, 0) is 4.79 Å². The van der Waals surface area contributed by atoms with E-state index in [1.807, 2.05) is 0 Å². The molecule has 11 heteroatoms. The smallest absolute Gasteiger partial charge is 0.305 e. The summed E-state index contributed by atoms with van der Waals surface area (Å²) in [5.41, 5.74) is 5.25. The number of halogens is 1. The van der Waals surface area contributed by atoms with Crippen molar-refractivity contribution in [3.8, 4) is 5.69 Å². The molecule has 128 valence electrons. The summed E-state index contributed by atoms with van der Waals surface area (Å²) in [6, 6.07) is 9.99. The van der Waals surface area contributed by atoms with Gasteiger partial charge in [-0.15, -0.1) is 5.10 Å². The van der Waals surface area contributed by atoms with Crippen LogP contribution < -0.4 is 10.9 Å². The monoisotopic (exact) mass is 378 g/mol. The lowest BCUT2D eigenvalue weighted by Gasteiger charge is -2.06. The summed E-state index contributed by atoms with van der Waals surface area (Å²) in [6.45, 7) is 0. The standard InChI is InChI=1S/C14H11ClN6O3S/c15-9-3-5-10(6-4-9)21-14(18-19-20-21)25-8-12(22)16-17-13(23)11-2-1-7-24-11/h1-7H,8H2,(H,16,22)(H,17,23). The second kappa shape index (κ2) is 7.81. The minimum atomic E-state index is -0.547. The highest BCUT2D eigenvalue weighted by molar-refractivity contribution is 7.99. The minimum Gasteiger partial charge on any atom is -0.459 e. The molecule has 3 rings (SSSR count). The number of benzene rings is 1. The Morgan fingerprint density at radius 3 is 2.72 bits per heavy atom. The Bertz CT molecular complexity index is 865. The Labute approximate surface area is 150 Å². The molecule has 2 aromatic heterocycles. The van der Waals surface area contributed by atoms with Gasteiger partial charge in [-0.2, -0.15) is 4.68 Å². The normalized spacial score (nSPS) is 10.4. The first kappa shape index (κ1) is 17.0. The highest BCUT2D eigenvalue weighted by Gasteiger charge is 2.13.